The van der Waals surface area contributed by atoms with Crippen LogP contribution in [-0.4, -0.2) is 40.3 Å². The lowest BCUT2D eigenvalue weighted by molar-refractivity contribution is -0.159. The van der Waals surface area contributed by atoms with E-state index in [1.54, 1.807) is 0 Å². The van der Waals surface area contributed by atoms with Crippen molar-refractivity contribution in [1.29, 1.82) is 0 Å². The number of amides is 1. The first-order chi connectivity index (χ1) is 12.1. The summed E-state index contributed by atoms with van der Waals surface area (Å²) in [7, 11) is 0. The summed E-state index contributed by atoms with van der Waals surface area (Å²) in [6.07, 6.45) is 10.6. The predicted molar refractivity (Wildman–Crippen MR) is 100 cm³/mol. The highest BCUT2D eigenvalue weighted by molar-refractivity contribution is 5.75. The Labute approximate surface area is 157 Å². The minimum atomic E-state index is -0.623. The molecule has 0 aliphatic heterocycles. The van der Waals surface area contributed by atoms with Crippen LogP contribution in [0.1, 0.15) is 91.4 Å². The first-order valence-corrected chi connectivity index (χ1v) is 10.4. The zero-order valence-corrected chi connectivity index (χ0v) is 16.7. The third-order valence-electron chi connectivity index (χ3n) is 7.00. The molecule has 0 heterocycles. The van der Waals surface area contributed by atoms with Gasteiger partial charge in [0.15, 0.2) is 0 Å². The summed E-state index contributed by atoms with van der Waals surface area (Å²) in [6.45, 7) is 6.50. The minimum absolute atomic E-state index is 0.0888. The van der Waals surface area contributed by atoms with E-state index < -0.39 is 17.0 Å². The number of hydrogen-bond acceptors (Lipinski definition) is 3. The highest BCUT2D eigenvalue weighted by atomic mass is 16.6. The summed E-state index contributed by atoms with van der Waals surface area (Å²) in [4.78, 5) is 26.7. The Morgan fingerprint density at radius 2 is 1.54 bits per heavy atom. The largest absolute Gasteiger partial charge is 0.481 e. The fraction of sp³-hybridized carbons (Fsp3) is 0.905. The van der Waals surface area contributed by atoms with Crippen LogP contribution in [0.3, 0.4) is 0 Å². The van der Waals surface area contributed by atoms with Gasteiger partial charge in [0.2, 0.25) is 0 Å². The van der Waals surface area contributed by atoms with E-state index in [1.165, 1.54) is 19.3 Å². The van der Waals surface area contributed by atoms with E-state index in [-0.39, 0.29) is 17.6 Å². The van der Waals surface area contributed by atoms with Gasteiger partial charge < -0.3 is 14.7 Å². The molecule has 0 spiro atoms. The van der Waals surface area contributed by atoms with Crippen molar-refractivity contribution < 1.29 is 19.4 Å². The van der Waals surface area contributed by atoms with Crippen molar-refractivity contribution in [3.63, 3.8) is 0 Å². The Morgan fingerprint density at radius 1 is 1.00 bits per heavy atom. The average Bonchev–Trinajstić information content (AvgIpc) is 2.60. The maximum Gasteiger partial charge on any atom is 0.410 e. The van der Waals surface area contributed by atoms with Crippen LogP contribution in [0.5, 0.6) is 0 Å². The normalized spacial score (nSPS) is 32.3. The summed E-state index contributed by atoms with van der Waals surface area (Å²) in [5.74, 6) is -0.623. The molecule has 0 aromatic carbocycles. The van der Waals surface area contributed by atoms with Gasteiger partial charge in [-0.3, -0.25) is 4.79 Å². The number of carbonyl (C=O) groups excluding carboxylic acids is 1. The number of carboxylic acid groups (broad SMARTS) is 1. The van der Waals surface area contributed by atoms with E-state index >= 15 is 0 Å². The van der Waals surface area contributed by atoms with Crippen LogP contribution in [0.25, 0.3) is 0 Å². The molecule has 0 aromatic heterocycles. The molecule has 4 saturated carbocycles. The molecular formula is C21H35NO4. The molecule has 4 fully saturated rings. The van der Waals surface area contributed by atoms with Gasteiger partial charge in [0.1, 0.15) is 5.60 Å². The lowest BCUT2D eigenvalue weighted by atomic mass is 9.53. The van der Waals surface area contributed by atoms with Gasteiger partial charge in [-0.15, -0.1) is 0 Å². The van der Waals surface area contributed by atoms with E-state index in [0.717, 1.165) is 57.9 Å². The molecule has 4 rings (SSSR count). The van der Waals surface area contributed by atoms with Crippen molar-refractivity contribution in [3.8, 4) is 0 Å². The maximum absolute atomic E-state index is 13.0. The van der Waals surface area contributed by atoms with Crippen molar-refractivity contribution in [2.75, 3.05) is 6.54 Å². The third-order valence-corrected chi connectivity index (χ3v) is 7.00. The first-order valence-electron chi connectivity index (χ1n) is 10.4. The number of nitrogens with zero attached hydrogens (tertiary/aromatic N) is 1. The Hall–Kier alpha value is -1.26. The van der Waals surface area contributed by atoms with Gasteiger partial charge in [0, 0.05) is 12.6 Å². The van der Waals surface area contributed by atoms with Gasteiger partial charge in [-0.05, 0) is 77.6 Å². The number of carbonyl (C=O) groups is 2. The third kappa shape index (κ3) is 4.01. The molecule has 4 aliphatic rings. The van der Waals surface area contributed by atoms with Gasteiger partial charge in [-0.2, -0.15) is 0 Å². The molecule has 0 radical (unpaired) electrons. The smallest absolute Gasteiger partial charge is 0.410 e. The SMILES string of the molecule is CC(C)(C)OC(=O)N(CC12CCC(C(=O)O)(CC1)CC2)C1CCCCC1. The number of fused-ring (bicyclic) bond motifs is 3. The number of rotatable bonds is 4. The molecule has 1 N–H and O–H groups in total. The van der Waals surface area contributed by atoms with E-state index in [1.807, 2.05) is 25.7 Å². The number of carboxylic acids is 1. The van der Waals surface area contributed by atoms with Crippen LogP contribution >= 0.6 is 0 Å². The number of aliphatic carboxylic acids is 1. The van der Waals surface area contributed by atoms with Gasteiger partial charge in [0.25, 0.3) is 0 Å². The zero-order valence-electron chi connectivity index (χ0n) is 16.7. The highest BCUT2D eigenvalue weighted by Gasteiger charge is 2.53. The van der Waals surface area contributed by atoms with Gasteiger partial charge >= 0.3 is 12.1 Å². The Balaban J connectivity index is 1.73. The van der Waals surface area contributed by atoms with Crippen LogP contribution in [0.4, 0.5) is 4.79 Å². The van der Waals surface area contributed by atoms with Gasteiger partial charge in [-0.1, -0.05) is 19.3 Å². The molecule has 2 bridgehead atoms. The van der Waals surface area contributed by atoms with Gasteiger partial charge in [-0.25, -0.2) is 4.79 Å². The van der Waals surface area contributed by atoms with Gasteiger partial charge in [0.05, 0.1) is 5.41 Å². The molecule has 26 heavy (non-hydrogen) atoms. The molecule has 5 heteroatoms. The van der Waals surface area contributed by atoms with E-state index in [9.17, 15) is 14.7 Å². The Morgan fingerprint density at radius 3 is 2.00 bits per heavy atom. The number of ether oxygens (including phenoxy) is 1. The second-order valence-electron chi connectivity index (χ2n) is 9.99. The molecule has 0 saturated heterocycles. The quantitative estimate of drug-likeness (QED) is 0.763. The first kappa shape index (κ1) is 19.5. The lowest BCUT2D eigenvalue weighted by Gasteiger charge is -2.53. The Bertz CT molecular complexity index is 520. The predicted octanol–water partition coefficient (Wildman–Crippen LogP) is 4.98. The van der Waals surface area contributed by atoms with E-state index in [0.29, 0.717) is 0 Å². The van der Waals surface area contributed by atoms with E-state index in [4.69, 9.17) is 4.74 Å². The summed E-state index contributed by atoms with van der Waals surface area (Å²) < 4.78 is 5.75. The molecule has 0 unspecified atom stereocenters. The fourth-order valence-electron chi connectivity index (χ4n) is 5.24. The second kappa shape index (κ2) is 7.05. The second-order valence-corrected chi connectivity index (χ2v) is 9.99. The van der Waals surface area contributed by atoms with Crippen LogP contribution in [0.2, 0.25) is 0 Å². The zero-order chi connectivity index (χ0) is 19.0. The van der Waals surface area contributed by atoms with Crippen molar-refractivity contribution in [1.82, 2.24) is 4.90 Å². The van der Waals surface area contributed by atoms with Crippen molar-refractivity contribution in [2.45, 2.75) is 103 Å². The molecular weight excluding hydrogens is 330 g/mol. The molecule has 1 amide bonds. The average molecular weight is 366 g/mol. The molecule has 0 atom stereocenters. The van der Waals surface area contributed by atoms with Crippen molar-refractivity contribution in [3.05, 3.63) is 0 Å². The van der Waals surface area contributed by atoms with E-state index in [2.05, 4.69) is 0 Å². The topological polar surface area (TPSA) is 66.8 Å². The molecule has 0 aromatic rings. The molecule has 148 valence electrons. The van der Waals surface area contributed by atoms with Crippen molar-refractivity contribution in [2.24, 2.45) is 10.8 Å². The monoisotopic (exact) mass is 365 g/mol. The minimum Gasteiger partial charge on any atom is -0.481 e. The highest BCUT2D eigenvalue weighted by Crippen LogP contribution is 2.57. The summed E-state index contributed by atoms with van der Waals surface area (Å²) in [5, 5.41) is 9.61. The summed E-state index contributed by atoms with van der Waals surface area (Å²) in [5.41, 5.74) is -0.895. The summed E-state index contributed by atoms with van der Waals surface area (Å²) >= 11 is 0. The van der Waals surface area contributed by atoms with Crippen LogP contribution in [0, 0.1) is 10.8 Å². The van der Waals surface area contributed by atoms with Crippen molar-refractivity contribution >= 4 is 12.1 Å². The van der Waals surface area contributed by atoms with Crippen LogP contribution in [-0.2, 0) is 9.53 Å². The van der Waals surface area contributed by atoms with Crippen LogP contribution in [0.15, 0.2) is 0 Å². The maximum atomic E-state index is 13.0. The molecule has 4 aliphatic carbocycles. The lowest BCUT2D eigenvalue weighted by Crippen LogP contribution is -2.54. The fourth-order valence-corrected chi connectivity index (χ4v) is 5.24. The number of hydrogen-bond donors (Lipinski definition) is 1. The molecule has 5 nitrogen and oxygen atoms in total. The Kier molecular flexibility index (Phi) is 5.28. The standard InChI is InChI=1S/C21H35NO4/c1-19(2,3)26-18(25)22(16-7-5-4-6-8-16)15-20-9-12-21(13-10-20,14-11-20)17(23)24/h16H,4-15H2,1-3H3,(H,23,24). The van der Waals surface area contributed by atoms with Crippen LogP contribution < -0.4 is 0 Å². The summed E-state index contributed by atoms with van der Waals surface area (Å²) in [6, 6.07) is 0.279.